The van der Waals surface area contributed by atoms with Crippen molar-refractivity contribution < 1.29 is 9.47 Å². The van der Waals surface area contributed by atoms with Gasteiger partial charge in [0.1, 0.15) is 0 Å². The lowest BCUT2D eigenvalue weighted by molar-refractivity contribution is 0.144. The Hall–Kier alpha value is -0.470. The first-order valence-electron chi connectivity index (χ1n) is 5.38. The Labute approximate surface area is 102 Å². The summed E-state index contributed by atoms with van der Waals surface area (Å²) in [6.45, 7) is 4.79. The third-order valence-electron chi connectivity index (χ3n) is 1.59. The molecule has 0 aromatic heterocycles. The van der Waals surface area contributed by atoms with Gasteiger partial charge in [-0.1, -0.05) is 0 Å². The SMILES string of the molecule is NCCOCCNC(=S)NCCOCCN. The van der Waals surface area contributed by atoms with Gasteiger partial charge in [-0.3, -0.25) is 0 Å². The summed E-state index contributed by atoms with van der Waals surface area (Å²) in [5.41, 5.74) is 10.5. The Kier molecular flexibility index (Phi) is 12.2. The summed E-state index contributed by atoms with van der Waals surface area (Å²) in [5.74, 6) is 0. The van der Waals surface area contributed by atoms with Crippen molar-refractivity contribution in [1.82, 2.24) is 10.6 Å². The highest BCUT2D eigenvalue weighted by Crippen LogP contribution is 1.74. The van der Waals surface area contributed by atoms with Crippen LogP contribution in [0.2, 0.25) is 0 Å². The second-order valence-electron chi connectivity index (χ2n) is 2.98. The van der Waals surface area contributed by atoms with E-state index in [1.165, 1.54) is 0 Å². The van der Waals surface area contributed by atoms with E-state index in [4.69, 9.17) is 33.2 Å². The van der Waals surface area contributed by atoms with Gasteiger partial charge in [0, 0.05) is 26.2 Å². The molecular weight excluding hydrogens is 228 g/mol. The van der Waals surface area contributed by atoms with Gasteiger partial charge in [-0.05, 0) is 12.2 Å². The molecule has 0 unspecified atom stereocenters. The average molecular weight is 250 g/mol. The molecule has 7 heteroatoms. The number of hydrogen-bond acceptors (Lipinski definition) is 5. The fraction of sp³-hybridized carbons (Fsp3) is 0.889. The zero-order valence-electron chi connectivity index (χ0n) is 9.54. The van der Waals surface area contributed by atoms with Gasteiger partial charge < -0.3 is 31.6 Å². The van der Waals surface area contributed by atoms with E-state index in [-0.39, 0.29) is 0 Å². The maximum absolute atomic E-state index is 5.27. The Balaban J connectivity index is 3.12. The van der Waals surface area contributed by atoms with Gasteiger partial charge in [-0.25, -0.2) is 0 Å². The summed E-state index contributed by atoms with van der Waals surface area (Å²) in [7, 11) is 0. The highest BCUT2D eigenvalue weighted by atomic mass is 32.1. The van der Waals surface area contributed by atoms with Crippen LogP contribution in [-0.2, 0) is 9.47 Å². The molecule has 0 fully saturated rings. The van der Waals surface area contributed by atoms with Crippen LogP contribution in [0.25, 0.3) is 0 Å². The largest absolute Gasteiger partial charge is 0.378 e. The van der Waals surface area contributed by atoms with Gasteiger partial charge in [-0.15, -0.1) is 0 Å². The Morgan fingerprint density at radius 1 is 0.875 bits per heavy atom. The van der Waals surface area contributed by atoms with Crippen LogP contribution >= 0.6 is 12.2 Å². The van der Waals surface area contributed by atoms with Crippen LogP contribution in [0.3, 0.4) is 0 Å². The maximum atomic E-state index is 5.27. The molecule has 0 radical (unpaired) electrons. The van der Waals surface area contributed by atoms with Crippen molar-refractivity contribution in [2.24, 2.45) is 11.5 Å². The molecule has 0 aromatic carbocycles. The van der Waals surface area contributed by atoms with Crippen molar-refractivity contribution in [2.45, 2.75) is 0 Å². The molecule has 0 aliphatic carbocycles. The average Bonchev–Trinajstić information content (AvgIpc) is 2.28. The number of rotatable bonds is 10. The molecule has 0 saturated heterocycles. The summed E-state index contributed by atoms with van der Waals surface area (Å²) in [5, 5.41) is 6.62. The number of nitrogens with two attached hydrogens (primary N) is 2. The number of hydrogen-bond donors (Lipinski definition) is 4. The number of ether oxygens (including phenoxy) is 2. The maximum Gasteiger partial charge on any atom is 0.166 e. The van der Waals surface area contributed by atoms with E-state index in [1.807, 2.05) is 0 Å². The standard InChI is InChI=1S/C9H22N4O2S/c10-1-5-14-7-3-12-9(16)13-4-8-15-6-2-11/h1-8,10-11H2,(H2,12,13,16). The smallest absolute Gasteiger partial charge is 0.166 e. The molecule has 96 valence electrons. The quantitative estimate of drug-likeness (QED) is 0.274. The van der Waals surface area contributed by atoms with Crippen LogP contribution < -0.4 is 22.1 Å². The Morgan fingerprint density at radius 2 is 1.31 bits per heavy atom. The van der Waals surface area contributed by atoms with Gasteiger partial charge >= 0.3 is 0 Å². The predicted molar refractivity (Wildman–Crippen MR) is 68.4 cm³/mol. The first kappa shape index (κ1) is 15.5. The zero-order chi connectivity index (χ0) is 12.1. The van der Waals surface area contributed by atoms with E-state index in [1.54, 1.807) is 0 Å². The minimum Gasteiger partial charge on any atom is -0.378 e. The Morgan fingerprint density at radius 3 is 1.69 bits per heavy atom. The van der Waals surface area contributed by atoms with Crippen LogP contribution in [0.1, 0.15) is 0 Å². The van der Waals surface area contributed by atoms with Gasteiger partial charge in [-0.2, -0.15) is 0 Å². The molecule has 16 heavy (non-hydrogen) atoms. The van der Waals surface area contributed by atoms with Gasteiger partial charge in [0.25, 0.3) is 0 Å². The van der Waals surface area contributed by atoms with Gasteiger partial charge in [0.05, 0.1) is 26.4 Å². The molecule has 0 aliphatic rings. The summed E-state index contributed by atoms with van der Waals surface area (Å²) >= 11 is 5.03. The van der Waals surface area contributed by atoms with E-state index >= 15 is 0 Å². The summed E-state index contributed by atoms with van der Waals surface area (Å²) in [4.78, 5) is 0. The molecule has 0 rings (SSSR count). The van der Waals surface area contributed by atoms with Crippen molar-refractivity contribution in [2.75, 3.05) is 52.6 Å². The number of nitrogens with one attached hydrogen (secondary N) is 2. The molecule has 0 atom stereocenters. The molecule has 0 spiro atoms. The fourth-order valence-electron chi connectivity index (χ4n) is 0.907. The molecule has 0 heterocycles. The Bertz CT molecular complexity index is 156. The highest BCUT2D eigenvalue weighted by Gasteiger charge is 1.94. The zero-order valence-corrected chi connectivity index (χ0v) is 10.4. The van der Waals surface area contributed by atoms with E-state index < -0.39 is 0 Å². The van der Waals surface area contributed by atoms with Crippen molar-refractivity contribution in [1.29, 1.82) is 0 Å². The van der Waals surface area contributed by atoms with Gasteiger partial charge in [0.2, 0.25) is 0 Å². The van der Waals surface area contributed by atoms with E-state index in [2.05, 4.69) is 10.6 Å². The first-order valence-corrected chi connectivity index (χ1v) is 5.79. The molecule has 0 amide bonds. The minimum absolute atomic E-state index is 0.543. The van der Waals surface area contributed by atoms with E-state index in [0.717, 1.165) is 0 Å². The van der Waals surface area contributed by atoms with Crippen LogP contribution in [0.4, 0.5) is 0 Å². The van der Waals surface area contributed by atoms with Crippen molar-refractivity contribution >= 4 is 17.3 Å². The second kappa shape index (κ2) is 12.6. The summed E-state index contributed by atoms with van der Waals surface area (Å²) in [6, 6.07) is 0. The second-order valence-corrected chi connectivity index (χ2v) is 3.39. The first-order chi connectivity index (χ1) is 7.81. The van der Waals surface area contributed by atoms with Crippen molar-refractivity contribution in [3.63, 3.8) is 0 Å². The van der Waals surface area contributed by atoms with Crippen LogP contribution in [0.5, 0.6) is 0 Å². The molecule has 6 nitrogen and oxygen atoms in total. The normalized spacial score (nSPS) is 10.1. The molecule has 0 saturated carbocycles. The van der Waals surface area contributed by atoms with Crippen molar-refractivity contribution in [3.05, 3.63) is 0 Å². The van der Waals surface area contributed by atoms with E-state index in [9.17, 15) is 0 Å². The van der Waals surface area contributed by atoms with E-state index in [0.29, 0.717) is 57.7 Å². The van der Waals surface area contributed by atoms with Crippen molar-refractivity contribution in [3.8, 4) is 0 Å². The minimum atomic E-state index is 0.543. The van der Waals surface area contributed by atoms with Crippen LogP contribution in [0, 0.1) is 0 Å². The number of thiocarbonyl (C=S) groups is 1. The molecule has 0 aliphatic heterocycles. The van der Waals surface area contributed by atoms with Crippen LogP contribution in [-0.4, -0.2) is 57.7 Å². The topological polar surface area (TPSA) is 94.6 Å². The molecule has 6 N–H and O–H groups in total. The fourth-order valence-corrected chi connectivity index (χ4v) is 1.11. The summed E-state index contributed by atoms with van der Waals surface area (Å²) in [6.07, 6.45) is 0. The molecule has 0 aromatic rings. The monoisotopic (exact) mass is 250 g/mol. The third kappa shape index (κ3) is 11.6. The predicted octanol–water partition coefficient (Wildman–Crippen LogP) is -1.60. The lowest BCUT2D eigenvalue weighted by Crippen LogP contribution is -2.38. The molecular formula is C9H22N4O2S. The summed E-state index contributed by atoms with van der Waals surface area (Å²) < 4.78 is 10.4. The van der Waals surface area contributed by atoms with Gasteiger partial charge in [0.15, 0.2) is 5.11 Å². The molecule has 0 bridgehead atoms. The highest BCUT2D eigenvalue weighted by molar-refractivity contribution is 7.80. The van der Waals surface area contributed by atoms with Crippen LogP contribution in [0.15, 0.2) is 0 Å². The lowest BCUT2D eigenvalue weighted by atomic mass is 10.6. The lowest BCUT2D eigenvalue weighted by Gasteiger charge is -2.10. The third-order valence-corrected chi connectivity index (χ3v) is 1.88.